The second kappa shape index (κ2) is 9.95. The van der Waals surface area contributed by atoms with E-state index >= 15 is 0 Å². The maximum absolute atomic E-state index is 3.61. The number of nitrogens with zero attached hydrogens (tertiary/aromatic N) is 1. The summed E-state index contributed by atoms with van der Waals surface area (Å²) in [7, 11) is 0. The summed E-state index contributed by atoms with van der Waals surface area (Å²) < 4.78 is 0. The molecule has 0 radical (unpaired) electrons. The van der Waals surface area contributed by atoms with Crippen LogP contribution in [0.1, 0.15) is 58.1 Å². The van der Waals surface area contributed by atoms with Crippen molar-refractivity contribution >= 4 is 0 Å². The van der Waals surface area contributed by atoms with E-state index in [0.717, 1.165) is 26.2 Å². The number of hydrogen-bond donors (Lipinski definition) is 1. The summed E-state index contributed by atoms with van der Waals surface area (Å²) in [6.45, 7) is 13.3. The largest absolute Gasteiger partial charge is 0.310 e. The summed E-state index contributed by atoms with van der Waals surface area (Å²) >= 11 is 0. The van der Waals surface area contributed by atoms with E-state index in [1.54, 1.807) is 0 Å². The number of unbranched alkanes of at least 4 members (excludes halogenated alkanes) is 1. The first-order valence-electron chi connectivity index (χ1n) is 8.23. The summed E-state index contributed by atoms with van der Waals surface area (Å²) in [5, 5.41) is 3.61. The zero-order chi connectivity index (χ0) is 14.8. The van der Waals surface area contributed by atoms with Gasteiger partial charge in [-0.05, 0) is 37.6 Å². The van der Waals surface area contributed by atoms with Gasteiger partial charge in [0.2, 0.25) is 0 Å². The summed E-state index contributed by atoms with van der Waals surface area (Å²) in [5.74, 6) is 0. The maximum atomic E-state index is 3.61. The SMILES string of the molecule is CCCCC(C)NCc1ccc(CN(CC)CC)cc1. The molecule has 1 unspecified atom stereocenters. The second-order valence-corrected chi connectivity index (χ2v) is 5.70. The van der Waals surface area contributed by atoms with E-state index in [4.69, 9.17) is 0 Å². The first-order valence-corrected chi connectivity index (χ1v) is 8.23. The number of rotatable bonds is 10. The molecule has 0 fully saturated rings. The van der Waals surface area contributed by atoms with Crippen molar-refractivity contribution in [2.24, 2.45) is 0 Å². The standard InChI is InChI=1S/C18H32N2/c1-5-8-9-16(4)19-14-17-10-12-18(13-11-17)15-20(6-2)7-3/h10-13,16,19H,5-9,14-15H2,1-4H3. The van der Waals surface area contributed by atoms with E-state index in [1.807, 2.05) is 0 Å². The fraction of sp³-hybridized carbons (Fsp3) is 0.667. The van der Waals surface area contributed by atoms with E-state index in [9.17, 15) is 0 Å². The van der Waals surface area contributed by atoms with E-state index < -0.39 is 0 Å². The molecule has 2 heteroatoms. The average molecular weight is 276 g/mol. The fourth-order valence-corrected chi connectivity index (χ4v) is 2.37. The number of nitrogens with one attached hydrogen (secondary N) is 1. The molecule has 1 N–H and O–H groups in total. The van der Waals surface area contributed by atoms with Crippen LogP contribution < -0.4 is 5.32 Å². The van der Waals surface area contributed by atoms with Crippen LogP contribution in [0.5, 0.6) is 0 Å². The van der Waals surface area contributed by atoms with Crippen molar-refractivity contribution < 1.29 is 0 Å². The summed E-state index contributed by atoms with van der Waals surface area (Å²) in [6, 6.07) is 9.68. The van der Waals surface area contributed by atoms with Gasteiger partial charge in [0.05, 0.1) is 0 Å². The van der Waals surface area contributed by atoms with Gasteiger partial charge in [0.15, 0.2) is 0 Å². The van der Waals surface area contributed by atoms with Gasteiger partial charge in [0.25, 0.3) is 0 Å². The molecule has 114 valence electrons. The molecule has 2 nitrogen and oxygen atoms in total. The van der Waals surface area contributed by atoms with E-state index in [0.29, 0.717) is 6.04 Å². The Morgan fingerprint density at radius 1 is 1.00 bits per heavy atom. The third-order valence-electron chi connectivity index (χ3n) is 3.97. The van der Waals surface area contributed by atoms with Crippen molar-refractivity contribution in [3.8, 4) is 0 Å². The highest BCUT2D eigenvalue weighted by Gasteiger charge is 2.03. The molecule has 0 aromatic heterocycles. The Morgan fingerprint density at radius 2 is 1.60 bits per heavy atom. The van der Waals surface area contributed by atoms with Gasteiger partial charge in [-0.25, -0.2) is 0 Å². The lowest BCUT2D eigenvalue weighted by Crippen LogP contribution is -2.25. The predicted octanol–water partition coefficient (Wildman–Crippen LogP) is 4.20. The molecule has 0 aliphatic rings. The Bertz CT molecular complexity index is 341. The molecule has 0 aliphatic carbocycles. The molecule has 0 amide bonds. The molecule has 1 aromatic rings. The quantitative estimate of drug-likeness (QED) is 0.689. The molecule has 20 heavy (non-hydrogen) atoms. The van der Waals surface area contributed by atoms with Crippen molar-refractivity contribution in [2.75, 3.05) is 13.1 Å². The van der Waals surface area contributed by atoms with Gasteiger partial charge in [-0.1, -0.05) is 57.9 Å². The molecular formula is C18H32N2. The van der Waals surface area contributed by atoms with Crippen LogP contribution in [0.2, 0.25) is 0 Å². The van der Waals surface area contributed by atoms with Crippen molar-refractivity contribution in [3.05, 3.63) is 35.4 Å². The maximum Gasteiger partial charge on any atom is 0.0233 e. The van der Waals surface area contributed by atoms with Gasteiger partial charge in [0, 0.05) is 19.1 Å². The third kappa shape index (κ3) is 6.53. The second-order valence-electron chi connectivity index (χ2n) is 5.70. The van der Waals surface area contributed by atoms with Crippen molar-refractivity contribution in [1.29, 1.82) is 0 Å². The Hall–Kier alpha value is -0.860. The molecule has 0 spiro atoms. The van der Waals surface area contributed by atoms with Crippen molar-refractivity contribution in [3.63, 3.8) is 0 Å². The molecule has 0 heterocycles. The topological polar surface area (TPSA) is 15.3 Å². The zero-order valence-electron chi connectivity index (χ0n) is 13.8. The zero-order valence-corrected chi connectivity index (χ0v) is 13.8. The average Bonchev–Trinajstić information content (AvgIpc) is 2.49. The van der Waals surface area contributed by atoms with Crippen LogP contribution in [0.25, 0.3) is 0 Å². The summed E-state index contributed by atoms with van der Waals surface area (Å²) in [6.07, 6.45) is 3.87. The van der Waals surface area contributed by atoms with Crippen LogP contribution in [-0.2, 0) is 13.1 Å². The fourth-order valence-electron chi connectivity index (χ4n) is 2.37. The van der Waals surface area contributed by atoms with Gasteiger partial charge in [-0.2, -0.15) is 0 Å². The minimum absolute atomic E-state index is 0.616. The minimum Gasteiger partial charge on any atom is -0.310 e. The van der Waals surface area contributed by atoms with Crippen LogP contribution in [0.15, 0.2) is 24.3 Å². The lowest BCUT2D eigenvalue weighted by atomic mass is 10.1. The van der Waals surface area contributed by atoms with Crippen molar-refractivity contribution in [2.45, 2.75) is 66.1 Å². The highest BCUT2D eigenvalue weighted by Crippen LogP contribution is 2.08. The summed E-state index contributed by atoms with van der Waals surface area (Å²) in [4.78, 5) is 2.44. The van der Waals surface area contributed by atoms with Crippen LogP contribution in [-0.4, -0.2) is 24.0 Å². The smallest absolute Gasteiger partial charge is 0.0233 e. The molecular weight excluding hydrogens is 244 g/mol. The first-order chi connectivity index (χ1) is 9.69. The van der Waals surface area contributed by atoms with Gasteiger partial charge in [-0.15, -0.1) is 0 Å². The molecule has 0 saturated heterocycles. The van der Waals surface area contributed by atoms with Gasteiger partial charge < -0.3 is 5.32 Å². The monoisotopic (exact) mass is 276 g/mol. The Balaban J connectivity index is 2.38. The first kappa shape index (κ1) is 17.2. The Labute approximate surface area is 125 Å². The van der Waals surface area contributed by atoms with E-state index in [2.05, 4.69) is 62.2 Å². The third-order valence-corrected chi connectivity index (χ3v) is 3.97. The highest BCUT2D eigenvalue weighted by atomic mass is 15.1. The van der Waals surface area contributed by atoms with Crippen LogP contribution in [0.4, 0.5) is 0 Å². The molecule has 1 rings (SSSR count). The normalized spacial score (nSPS) is 12.8. The van der Waals surface area contributed by atoms with Gasteiger partial charge in [-0.3, -0.25) is 4.90 Å². The molecule has 0 aliphatic heterocycles. The summed E-state index contributed by atoms with van der Waals surface area (Å²) in [5.41, 5.74) is 2.80. The lowest BCUT2D eigenvalue weighted by molar-refractivity contribution is 0.296. The molecule has 1 atom stereocenters. The van der Waals surface area contributed by atoms with Crippen molar-refractivity contribution in [1.82, 2.24) is 10.2 Å². The predicted molar refractivity (Wildman–Crippen MR) is 88.9 cm³/mol. The Kier molecular flexibility index (Phi) is 8.56. The van der Waals surface area contributed by atoms with E-state index in [1.165, 1.54) is 30.4 Å². The van der Waals surface area contributed by atoms with E-state index in [-0.39, 0.29) is 0 Å². The van der Waals surface area contributed by atoms with Crippen LogP contribution in [0.3, 0.4) is 0 Å². The van der Waals surface area contributed by atoms with Gasteiger partial charge in [0.1, 0.15) is 0 Å². The molecule has 1 aromatic carbocycles. The van der Waals surface area contributed by atoms with Crippen LogP contribution >= 0.6 is 0 Å². The highest BCUT2D eigenvalue weighted by molar-refractivity contribution is 5.22. The Morgan fingerprint density at radius 3 is 2.15 bits per heavy atom. The lowest BCUT2D eigenvalue weighted by Gasteiger charge is -2.18. The molecule has 0 bridgehead atoms. The van der Waals surface area contributed by atoms with Gasteiger partial charge >= 0.3 is 0 Å². The van der Waals surface area contributed by atoms with Crippen LogP contribution in [0, 0.1) is 0 Å². The minimum atomic E-state index is 0.616. The number of benzene rings is 1. The number of hydrogen-bond acceptors (Lipinski definition) is 2. The molecule has 0 saturated carbocycles.